The Hall–Kier alpha value is -2.84. The Morgan fingerprint density at radius 2 is 1.96 bits per heavy atom. The molecular weight excluding hydrogens is 332 g/mol. The number of hydrogen-bond acceptors (Lipinski definition) is 7. The van der Waals surface area contributed by atoms with Gasteiger partial charge in [0.2, 0.25) is 6.10 Å². The molecule has 0 saturated heterocycles. The van der Waals surface area contributed by atoms with Gasteiger partial charge in [-0.05, 0) is 33.8 Å². The van der Waals surface area contributed by atoms with Gasteiger partial charge in [-0.2, -0.15) is 0 Å². The van der Waals surface area contributed by atoms with Gasteiger partial charge in [-0.15, -0.1) is 0 Å². The van der Waals surface area contributed by atoms with E-state index in [1.807, 2.05) is 0 Å². The fraction of sp³-hybridized carbons (Fsp3) is 0.500. The summed E-state index contributed by atoms with van der Waals surface area (Å²) in [5.41, 5.74) is -0.582. The Morgan fingerprint density at radius 1 is 1.32 bits per heavy atom. The molecule has 1 amide bonds. The summed E-state index contributed by atoms with van der Waals surface area (Å²) < 4.78 is 15.1. The van der Waals surface area contributed by atoms with E-state index in [0.29, 0.717) is 5.56 Å². The third-order valence-corrected chi connectivity index (χ3v) is 2.95. The molecule has 0 saturated carbocycles. The van der Waals surface area contributed by atoms with Gasteiger partial charge in [0.1, 0.15) is 5.60 Å². The number of esters is 1. The van der Waals surface area contributed by atoms with Crippen molar-refractivity contribution < 1.29 is 28.7 Å². The van der Waals surface area contributed by atoms with Crippen LogP contribution in [0.3, 0.4) is 0 Å². The zero-order valence-corrected chi connectivity index (χ0v) is 14.8. The number of ether oxygens (including phenoxy) is 3. The molecule has 138 valence electrons. The second-order valence-corrected chi connectivity index (χ2v) is 6.19. The molecule has 9 nitrogen and oxygen atoms in total. The Balaban J connectivity index is 2.92. The van der Waals surface area contributed by atoms with Gasteiger partial charge in [0.05, 0.1) is 18.6 Å². The summed E-state index contributed by atoms with van der Waals surface area (Å²) in [6.07, 6.45) is -2.01. The normalized spacial score (nSPS) is 12.0. The van der Waals surface area contributed by atoms with Crippen LogP contribution in [0.4, 0.5) is 10.5 Å². The zero-order chi connectivity index (χ0) is 19.2. The Kier molecular flexibility index (Phi) is 6.72. The summed E-state index contributed by atoms with van der Waals surface area (Å²) in [6, 6.07) is 4.49. The second kappa shape index (κ2) is 8.32. The van der Waals surface area contributed by atoms with Crippen LogP contribution >= 0.6 is 0 Å². The number of carbonyl (C=O) groups is 2. The number of amides is 1. The molecule has 1 N–H and O–H groups in total. The molecule has 1 aromatic rings. The molecule has 1 aromatic carbocycles. The molecule has 0 heterocycles. The standard InChI is InChI=1S/C16H22N2O7/c1-10-7-6-8-11(13(10)18(21)22)24-12(14(19)23-5)9-17-15(20)25-16(2,3)4/h6-8,12H,9H2,1-5H3,(H,17,20). The average molecular weight is 354 g/mol. The van der Waals surface area contributed by atoms with Crippen LogP contribution in [0.1, 0.15) is 26.3 Å². The van der Waals surface area contributed by atoms with Crippen molar-refractivity contribution in [2.45, 2.75) is 39.4 Å². The molecule has 1 unspecified atom stereocenters. The van der Waals surface area contributed by atoms with E-state index in [1.165, 1.54) is 6.07 Å². The molecule has 0 bridgehead atoms. The van der Waals surface area contributed by atoms with Crippen LogP contribution in [-0.2, 0) is 14.3 Å². The summed E-state index contributed by atoms with van der Waals surface area (Å²) in [5.74, 6) is -0.877. The fourth-order valence-electron chi connectivity index (χ4n) is 1.91. The highest BCUT2D eigenvalue weighted by atomic mass is 16.6. The number of benzene rings is 1. The monoisotopic (exact) mass is 354 g/mol. The molecular formula is C16H22N2O7. The minimum atomic E-state index is -1.27. The number of nitro groups is 1. The molecule has 9 heteroatoms. The van der Waals surface area contributed by atoms with E-state index >= 15 is 0 Å². The minimum Gasteiger partial charge on any atom is -0.470 e. The highest BCUT2D eigenvalue weighted by Gasteiger charge is 2.28. The van der Waals surface area contributed by atoms with Gasteiger partial charge >= 0.3 is 17.7 Å². The maximum atomic E-state index is 11.9. The minimum absolute atomic E-state index is 0.0913. The molecule has 25 heavy (non-hydrogen) atoms. The summed E-state index contributed by atoms with van der Waals surface area (Å²) in [5, 5.41) is 13.6. The number of carbonyl (C=O) groups excluding carboxylic acids is 2. The lowest BCUT2D eigenvalue weighted by molar-refractivity contribution is -0.386. The molecule has 0 spiro atoms. The molecule has 0 fully saturated rings. The molecule has 0 aliphatic carbocycles. The average Bonchev–Trinajstić information content (AvgIpc) is 2.48. The van der Waals surface area contributed by atoms with Gasteiger partial charge in [-0.3, -0.25) is 10.1 Å². The topological polar surface area (TPSA) is 117 Å². The van der Waals surface area contributed by atoms with Crippen molar-refractivity contribution in [3.05, 3.63) is 33.9 Å². The van der Waals surface area contributed by atoms with Gasteiger partial charge in [0, 0.05) is 5.56 Å². The Morgan fingerprint density at radius 3 is 2.48 bits per heavy atom. The first-order valence-corrected chi connectivity index (χ1v) is 7.50. The van der Waals surface area contributed by atoms with Crippen molar-refractivity contribution in [2.24, 2.45) is 0 Å². The number of nitrogens with zero attached hydrogens (tertiary/aromatic N) is 1. The van der Waals surface area contributed by atoms with Gasteiger partial charge in [0.25, 0.3) is 0 Å². The molecule has 0 aromatic heterocycles. The van der Waals surface area contributed by atoms with Gasteiger partial charge in [-0.1, -0.05) is 12.1 Å². The first-order valence-electron chi connectivity index (χ1n) is 7.50. The first-order chi connectivity index (χ1) is 11.5. The van der Waals surface area contributed by atoms with E-state index < -0.39 is 28.7 Å². The number of rotatable bonds is 6. The van der Waals surface area contributed by atoms with Crippen molar-refractivity contribution in [1.29, 1.82) is 0 Å². The van der Waals surface area contributed by atoms with E-state index in [-0.39, 0.29) is 18.0 Å². The van der Waals surface area contributed by atoms with Crippen LogP contribution in [0, 0.1) is 17.0 Å². The highest BCUT2D eigenvalue weighted by Crippen LogP contribution is 2.31. The number of hydrogen-bond donors (Lipinski definition) is 1. The predicted octanol–water partition coefficient (Wildman–Crippen LogP) is 2.35. The number of alkyl carbamates (subject to hydrolysis) is 1. The quantitative estimate of drug-likeness (QED) is 0.473. The third kappa shape index (κ3) is 6.28. The smallest absolute Gasteiger partial charge is 0.407 e. The van der Waals surface area contributed by atoms with Crippen molar-refractivity contribution in [1.82, 2.24) is 5.32 Å². The number of nitro benzene ring substituents is 1. The predicted molar refractivity (Wildman–Crippen MR) is 88.5 cm³/mol. The van der Waals surface area contributed by atoms with Gasteiger partial charge < -0.3 is 19.5 Å². The van der Waals surface area contributed by atoms with Crippen LogP contribution < -0.4 is 10.1 Å². The first kappa shape index (κ1) is 20.2. The summed E-state index contributed by atoms with van der Waals surface area (Å²) in [4.78, 5) is 34.2. The van der Waals surface area contributed by atoms with E-state index in [9.17, 15) is 19.7 Å². The molecule has 0 aliphatic rings. The van der Waals surface area contributed by atoms with E-state index in [1.54, 1.807) is 39.8 Å². The maximum Gasteiger partial charge on any atom is 0.407 e. The van der Waals surface area contributed by atoms with Crippen molar-refractivity contribution in [2.75, 3.05) is 13.7 Å². The van der Waals surface area contributed by atoms with E-state index in [2.05, 4.69) is 10.1 Å². The lowest BCUT2D eigenvalue weighted by Gasteiger charge is -2.21. The zero-order valence-electron chi connectivity index (χ0n) is 14.8. The number of nitrogens with one attached hydrogen (secondary N) is 1. The largest absolute Gasteiger partial charge is 0.470 e. The van der Waals surface area contributed by atoms with Gasteiger partial charge in [0.15, 0.2) is 5.75 Å². The van der Waals surface area contributed by atoms with Crippen LogP contribution in [-0.4, -0.2) is 42.3 Å². The van der Waals surface area contributed by atoms with Crippen LogP contribution in [0.5, 0.6) is 5.75 Å². The lowest BCUT2D eigenvalue weighted by atomic mass is 10.2. The maximum absolute atomic E-state index is 11.9. The highest BCUT2D eigenvalue weighted by molar-refractivity contribution is 5.77. The molecule has 0 aliphatic heterocycles. The van der Waals surface area contributed by atoms with Crippen molar-refractivity contribution >= 4 is 17.7 Å². The number of para-hydroxylation sites is 1. The Labute approximate surface area is 145 Å². The Bertz CT molecular complexity index is 652. The van der Waals surface area contributed by atoms with Crippen molar-refractivity contribution in [3.8, 4) is 5.75 Å². The van der Waals surface area contributed by atoms with Crippen LogP contribution in [0.25, 0.3) is 0 Å². The van der Waals surface area contributed by atoms with E-state index in [4.69, 9.17) is 9.47 Å². The third-order valence-electron chi connectivity index (χ3n) is 2.95. The number of aryl methyl sites for hydroxylation is 1. The molecule has 0 radical (unpaired) electrons. The van der Waals surface area contributed by atoms with E-state index in [0.717, 1.165) is 7.11 Å². The summed E-state index contributed by atoms with van der Waals surface area (Å²) in [7, 11) is 1.15. The second-order valence-electron chi connectivity index (χ2n) is 6.19. The van der Waals surface area contributed by atoms with Crippen molar-refractivity contribution in [3.63, 3.8) is 0 Å². The summed E-state index contributed by atoms with van der Waals surface area (Å²) in [6.45, 7) is 6.36. The van der Waals surface area contributed by atoms with Gasteiger partial charge in [-0.25, -0.2) is 9.59 Å². The fourth-order valence-corrected chi connectivity index (χ4v) is 1.91. The lowest BCUT2D eigenvalue weighted by Crippen LogP contribution is -2.43. The molecule has 1 rings (SSSR count). The van der Waals surface area contributed by atoms with Crippen LogP contribution in [0.2, 0.25) is 0 Å². The summed E-state index contributed by atoms with van der Waals surface area (Å²) >= 11 is 0. The number of methoxy groups -OCH3 is 1. The molecule has 1 atom stereocenters. The van der Waals surface area contributed by atoms with Crippen LogP contribution in [0.15, 0.2) is 18.2 Å². The SMILES string of the molecule is COC(=O)C(CNC(=O)OC(C)(C)C)Oc1cccc(C)c1[N+](=O)[O-].